The molecule has 2 saturated carbocycles. The molecule has 0 unspecified atom stereocenters. The van der Waals surface area contributed by atoms with Crippen molar-refractivity contribution in [3.8, 4) is 0 Å². The Bertz CT molecular complexity index is 1280. The second-order valence-electron chi connectivity index (χ2n) is 17.2. The summed E-state index contributed by atoms with van der Waals surface area (Å²) in [4.78, 5) is 29.8. The molecule has 47 heavy (non-hydrogen) atoms. The zero-order valence-electron chi connectivity index (χ0n) is 29.1. The van der Waals surface area contributed by atoms with Crippen molar-refractivity contribution < 1.29 is 43.0 Å². The van der Waals surface area contributed by atoms with E-state index in [9.17, 15) is 0 Å². The third-order valence-electron chi connectivity index (χ3n) is 14.5. The van der Waals surface area contributed by atoms with Crippen molar-refractivity contribution in [1.82, 2.24) is 10.1 Å². The van der Waals surface area contributed by atoms with Crippen LogP contribution < -0.4 is 0 Å². The van der Waals surface area contributed by atoms with Crippen molar-refractivity contribution >= 4 is 0 Å². The fraction of sp³-hybridized carbons (Fsp3) is 0.944. The number of aromatic nitrogens is 2. The van der Waals surface area contributed by atoms with Gasteiger partial charge in [0.1, 0.15) is 0 Å². The van der Waals surface area contributed by atoms with E-state index in [1.54, 1.807) is 0 Å². The molecule has 16 atom stereocenters. The summed E-state index contributed by atoms with van der Waals surface area (Å²) >= 11 is 0. The van der Waals surface area contributed by atoms with Gasteiger partial charge in [0.05, 0.1) is 12.2 Å². The predicted octanol–water partition coefficient (Wildman–Crippen LogP) is 6.74. The Balaban J connectivity index is 1.02. The standard InChI is InChI=1S/C36H54N2O9/c1-18-8-10-26-20(3)28(39-31-35(26)24(18)12-14-33(6,41-31)44-46-35)16-23(30-37-22(5)38-43-30)17-29-21(4)27-11-9-19(2)25-13-15-34(7)42-32(40-29)36(25,27)47-45-34/h18-21,23-29,31-32H,8-17H2,1-7H3/t18-,19-,20-,21-,24+,25+,26+,27+,28-,29-,31-,32-,33+,34+,35-,36-/m1/s1. The zero-order chi connectivity index (χ0) is 32.5. The lowest BCUT2D eigenvalue weighted by atomic mass is 9.56. The van der Waals surface area contributed by atoms with Crippen LogP contribution in [0.4, 0.5) is 0 Å². The van der Waals surface area contributed by atoms with Crippen LogP contribution >= 0.6 is 0 Å². The molecule has 2 spiro atoms. The Morgan fingerprint density at radius 3 is 1.60 bits per heavy atom. The van der Waals surface area contributed by atoms with Crippen molar-refractivity contribution in [2.45, 2.75) is 166 Å². The predicted molar refractivity (Wildman–Crippen MR) is 165 cm³/mol. The highest BCUT2D eigenvalue weighted by Gasteiger charge is 2.71. The van der Waals surface area contributed by atoms with E-state index in [0.29, 0.717) is 35.4 Å². The van der Waals surface area contributed by atoms with Gasteiger partial charge in [-0.25, -0.2) is 19.6 Å². The molecule has 11 rings (SSSR count). The number of rotatable bonds is 5. The van der Waals surface area contributed by atoms with Crippen molar-refractivity contribution in [3.63, 3.8) is 0 Å². The summed E-state index contributed by atoms with van der Waals surface area (Å²) in [6, 6.07) is 0. The van der Waals surface area contributed by atoms with Crippen LogP contribution in [0.15, 0.2) is 4.52 Å². The topological polar surface area (TPSA) is 113 Å². The summed E-state index contributed by atoms with van der Waals surface area (Å²) in [5.74, 6) is 2.30. The molecule has 2 aliphatic carbocycles. The van der Waals surface area contributed by atoms with Crippen molar-refractivity contribution in [1.29, 1.82) is 0 Å². The first-order chi connectivity index (χ1) is 22.4. The first-order valence-electron chi connectivity index (χ1n) is 18.6. The van der Waals surface area contributed by atoms with Gasteiger partial charge in [0.2, 0.25) is 17.5 Å². The minimum atomic E-state index is -0.803. The smallest absolute Gasteiger partial charge is 0.229 e. The molecule has 10 aliphatic rings. The van der Waals surface area contributed by atoms with Crippen LogP contribution in [0.25, 0.3) is 0 Å². The lowest BCUT2D eigenvalue weighted by Gasteiger charge is -2.61. The molecular formula is C36H54N2O9. The summed E-state index contributed by atoms with van der Waals surface area (Å²) in [6.07, 6.45) is 8.43. The molecule has 0 amide bonds. The van der Waals surface area contributed by atoms with Crippen LogP contribution in [-0.2, 0) is 38.5 Å². The third-order valence-corrected chi connectivity index (χ3v) is 14.5. The number of aryl methyl sites for hydroxylation is 1. The van der Waals surface area contributed by atoms with Crippen LogP contribution in [0.3, 0.4) is 0 Å². The molecular weight excluding hydrogens is 604 g/mol. The molecule has 11 heteroatoms. The van der Waals surface area contributed by atoms with Gasteiger partial charge in [-0.05, 0) is 108 Å². The fourth-order valence-corrected chi connectivity index (χ4v) is 11.8. The van der Waals surface area contributed by atoms with E-state index in [1.165, 1.54) is 12.8 Å². The first-order valence-corrected chi connectivity index (χ1v) is 18.6. The van der Waals surface area contributed by atoms with E-state index in [4.69, 9.17) is 48.0 Å². The minimum Gasteiger partial charge on any atom is -0.346 e. The molecule has 11 nitrogen and oxygen atoms in total. The molecule has 0 radical (unpaired) electrons. The fourth-order valence-electron chi connectivity index (χ4n) is 11.8. The van der Waals surface area contributed by atoms with E-state index < -0.39 is 35.4 Å². The maximum atomic E-state index is 7.05. The molecule has 4 bridgehead atoms. The SMILES string of the molecule is Cc1noc(C(C[C@H]2O[C@@H]3O[C@]4(C)CC[C@H]5[C@H](C)CC[C@@H]([C@H]2C)[C@@]35OO4)C[C@H]2O[C@@H]3O[C@]4(C)CC[C@H]5[C@H](C)CC[C@@H]([C@H]2C)[C@@]35OO4)n1. The Kier molecular flexibility index (Phi) is 7.38. The van der Waals surface area contributed by atoms with Gasteiger partial charge in [-0.15, -0.1) is 0 Å². The number of hydrogen-bond acceptors (Lipinski definition) is 11. The van der Waals surface area contributed by atoms with Gasteiger partial charge in [-0.2, -0.15) is 4.98 Å². The second kappa shape index (κ2) is 10.9. The van der Waals surface area contributed by atoms with Gasteiger partial charge in [0.15, 0.2) is 29.6 Å². The van der Waals surface area contributed by atoms with E-state index in [-0.39, 0.29) is 41.8 Å². The van der Waals surface area contributed by atoms with Crippen LogP contribution in [-0.4, -0.2) is 57.7 Å². The molecule has 0 N–H and O–H groups in total. The molecule has 10 fully saturated rings. The monoisotopic (exact) mass is 658 g/mol. The van der Waals surface area contributed by atoms with E-state index in [0.717, 1.165) is 51.4 Å². The van der Waals surface area contributed by atoms with Gasteiger partial charge in [0.25, 0.3) is 0 Å². The van der Waals surface area contributed by atoms with Crippen LogP contribution in [0.1, 0.15) is 123 Å². The molecule has 1 aromatic heterocycles. The quantitative estimate of drug-likeness (QED) is 0.314. The largest absolute Gasteiger partial charge is 0.346 e. The maximum absolute atomic E-state index is 7.05. The van der Waals surface area contributed by atoms with Gasteiger partial charge < -0.3 is 23.5 Å². The van der Waals surface area contributed by atoms with Crippen LogP contribution in [0.2, 0.25) is 0 Å². The lowest BCUT2D eigenvalue weighted by Crippen LogP contribution is -2.70. The second-order valence-corrected chi connectivity index (χ2v) is 17.2. The average molecular weight is 659 g/mol. The van der Waals surface area contributed by atoms with E-state index in [1.807, 2.05) is 20.8 Å². The third kappa shape index (κ3) is 4.59. The highest BCUT2D eigenvalue weighted by molar-refractivity contribution is 5.13. The molecule has 0 aromatic carbocycles. The summed E-state index contributed by atoms with van der Waals surface area (Å²) in [5, 5.41) is 4.22. The van der Waals surface area contributed by atoms with Gasteiger partial charge in [0, 0.05) is 30.6 Å². The molecule has 8 aliphatic heterocycles. The minimum absolute atomic E-state index is 0.0673. The van der Waals surface area contributed by atoms with E-state index in [2.05, 4.69) is 32.9 Å². The normalized spacial score (nSPS) is 54.9. The Morgan fingerprint density at radius 1 is 0.660 bits per heavy atom. The molecule has 262 valence electrons. The Morgan fingerprint density at radius 2 is 1.15 bits per heavy atom. The average Bonchev–Trinajstić information content (AvgIpc) is 3.17. The van der Waals surface area contributed by atoms with Gasteiger partial charge in [-0.1, -0.05) is 32.9 Å². The van der Waals surface area contributed by atoms with Crippen LogP contribution in [0, 0.1) is 54.3 Å². The number of hydrogen-bond donors (Lipinski definition) is 0. The number of fused-ring (bicyclic) bond motifs is 4. The summed E-state index contributed by atoms with van der Waals surface area (Å²) < 4.78 is 33.4. The highest BCUT2D eigenvalue weighted by Crippen LogP contribution is 2.63. The van der Waals surface area contributed by atoms with Gasteiger partial charge in [-0.3, -0.25) is 0 Å². The number of nitrogens with zero attached hydrogens (tertiary/aromatic N) is 2. The lowest BCUT2D eigenvalue weighted by molar-refractivity contribution is -0.571. The zero-order valence-corrected chi connectivity index (χ0v) is 29.1. The first kappa shape index (κ1) is 31.8. The number of ether oxygens (including phenoxy) is 4. The molecule has 8 saturated heterocycles. The summed E-state index contributed by atoms with van der Waals surface area (Å²) in [7, 11) is 0. The van der Waals surface area contributed by atoms with Crippen molar-refractivity contribution in [3.05, 3.63) is 11.7 Å². The van der Waals surface area contributed by atoms with E-state index >= 15 is 0 Å². The van der Waals surface area contributed by atoms with Crippen molar-refractivity contribution in [2.24, 2.45) is 47.3 Å². The Labute approximate surface area is 278 Å². The Hall–Kier alpha value is -1.18. The summed E-state index contributed by atoms with van der Waals surface area (Å²) in [5.41, 5.74) is -1.17. The van der Waals surface area contributed by atoms with Crippen LogP contribution in [0.5, 0.6) is 0 Å². The van der Waals surface area contributed by atoms with Gasteiger partial charge >= 0.3 is 0 Å². The maximum Gasteiger partial charge on any atom is 0.229 e. The van der Waals surface area contributed by atoms with Crippen molar-refractivity contribution in [2.75, 3.05) is 0 Å². The summed E-state index contributed by atoms with van der Waals surface area (Å²) in [6.45, 7) is 15.2. The molecule has 9 heterocycles. The highest BCUT2D eigenvalue weighted by atomic mass is 17.3. The molecule has 1 aromatic rings.